The fourth-order valence-electron chi connectivity index (χ4n) is 9.73. The van der Waals surface area contributed by atoms with Gasteiger partial charge in [-0.3, -0.25) is 0 Å². The lowest BCUT2D eigenvalue weighted by atomic mass is 9.44. The summed E-state index contributed by atoms with van der Waals surface area (Å²) in [5.74, 6) is 7.55. The van der Waals surface area contributed by atoms with Gasteiger partial charge in [-0.05, 0) is 110 Å². The number of hydrogen-bond donors (Lipinski definition) is 1. The summed E-state index contributed by atoms with van der Waals surface area (Å²) >= 11 is 5.95. The molecule has 4 fully saturated rings. The van der Waals surface area contributed by atoms with Crippen molar-refractivity contribution in [3.8, 4) is 0 Å². The molecule has 0 unspecified atom stereocenters. The van der Waals surface area contributed by atoms with Crippen molar-refractivity contribution >= 4 is 11.6 Å². The molecule has 4 saturated carbocycles. The van der Waals surface area contributed by atoms with Crippen LogP contribution in [0.1, 0.15) is 112 Å². The molecule has 180 valence electrons. The van der Waals surface area contributed by atoms with E-state index in [0.717, 1.165) is 59.9 Å². The topological polar surface area (TPSA) is 12.0 Å². The smallest absolute Gasteiger partial charge is 0.0348 e. The van der Waals surface area contributed by atoms with Crippen molar-refractivity contribution in [2.45, 2.75) is 118 Å². The van der Waals surface area contributed by atoms with Gasteiger partial charge in [0.15, 0.2) is 0 Å². The van der Waals surface area contributed by atoms with E-state index in [1.165, 1.54) is 77.0 Å². The maximum atomic E-state index is 5.95. The molecule has 0 aromatic carbocycles. The van der Waals surface area contributed by atoms with Gasteiger partial charge in [-0.15, -0.1) is 11.6 Å². The first-order chi connectivity index (χ1) is 14.8. The summed E-state index contributed by atoms with van der Waals surface area (Å²) in [4.78, 5) is 0. The van der Waals surface area contributed by atoms with E-state index < -0.39 is 0 Å². The van der Waals surface area contributed by atoms with Crippen LogP contribution >= 0.6 is 11.6 Å². The molecular weight excluding hydrogens is 398 g/mol. The Morgan fingerprint density at radius 1 is 0.871 bits per heavy atom. The molecule has 0 aliphatic heterocycles. The molecule has 0 radical (unpaired) electrons. The molecule has 4 rings (SSSR count). The normalized spacial score (nSPS) is 45.8. The number of rotatable bonds is 8. The molecule has 1 nitrogen and oxygen atoms in total. The molecular formula is C29H52ClN. The fraction of sp³-hybridized carbons (Fsp3) is 1.00. The Bertz CT molecular complexity index is 589. The van der Waals surface area contributed by atoms with Crippen molar-refractivity contribution in [1.82, 2.24) is 5.32 Å². The molecule has 0 bridgehead atoms. The van der Waals surface area contributed by atoms with Gasteiger partial charge in [-0.1, -0.05) is 53.9 Å². The molecule has 4 aliphatic carbocycles. The number of nitrogens with one attached hydrogen (secondary N) is 1. The van der Waals surface area contributed by atoms with Crippen LogP contribution in [0.2, 0.25) is 0 Å². The maximum Gasteiger partial charge on any atom is 0.0348 e. The zero-order valence-corrected chi connectivity index (χ0v) is 22.2. The monoisotopic (exact) mass is 449 g/mol. The predicted molar refractivity (Wildman–Crippen MR) is 136 cm³/mol. The highest BCUT2D eigenvalue weighted by Crippen LogP contribution is 2.68. The van der Waals surface area contributed by atoms with Crippen LogP contribution in [0.25, 0.3) is 0 Å². The number of hydrogen-bond acceptors (Lipinski definition) is 1. The highest BCUT2D eigenvalue weighted by molar-refractivity contribution is 6.18. The van der Waals surface area contributed by atoms with E-state index in [1.54, 1.807) is 0 Å². The molecule has 0 heterocycles. The van der Waals surface area contributed by atoms with E-state index in [2.05, 4.69) is 39.9 Å². The Labute approximate surface area is 199 Å². The first-order valence-corrected chi connectivity index (χ1v) is 14.6. The van der Waals surface area contributed by atoms with E-state index in [0.29, 0.717) is 10.8 Å². The lowest BCUT2D eigenvalue weighted by Crippen LogP contribution is -2.55. The van der Waals surface area contributed by atoms with Gasteiger partial charge in [-0.2, -0.15) is 0 Å². The van der Waals surface area contributed by atoms with Crippen LogP contribution in [0.5, 0.6) is 0 Å². The Morgan fingerprint density at radius 2 is 1.61 bits per heavy atom. The Morgan fingerprint density at radius 3 is 2.35 bits per heavy atom. The van der Waals surface area contributed by atoms with Crippen LogP contribution in [0.3, 0.4) is 0 Å². The Hall–Kier alpha value is 0.250. The third kappa shape index (κ3) is 4.62. The quantitative estimate of drug-likeness (QED) is 0.367. The van der Waals surface area contributed by atoms with Gasteiger partial charge < -0.3 is 5.32 Å². The van der Waals surface area contributed by atoms with Crippen molar-refractivity contribution < 1.29 is 0 Å². The second kappa shape index (κ2) is 9.85. The SMILES string of the molecule is CC(C)CCC[C@@H](C)[C@H]1CC[C@H]2[C@@H]3CC[C@H]4C[C@@H](NCCCl)CC[C@]4(C)[C@H]3CC[C@]12C. The van der Waals surface area contributed by atoms with Crippen LogP contribution in [0.4, 0.5) is 0 Å². The van der Waals surface area contributed by atoms with E-state index in [-0.39, 0.29) is 0 Å². The molecule has 0 spiro atoms. The minimum Gasteiger partial charge on any atom is -0.313 e. The molecule has 1 N–H and O–H groups in total. The van der Waals surface area contributed by atoms with E-state index in [9.17, 15) is 0 Å². The highest BCUT2D eigenvalue weighted by Gasteiger charge is 2.60. The van der Waals surface area contributed by atoms with Gasteiger partial charge in [0, 0.05) is 18.5 Å². The van der Waals surface area contributed by atoms with Crippen LogP contribution in [0, 0.1) is 52.3 Å². The number of halogens is 1. The van der Waals surface area contributed by atoms with Crippen molar-refractivity contribution in [3.63, 3.8) is 0 Å². The molecule has 9 atom stereocenters. The minimum absolute atomic E-state index is 0.615. The Balaban J connectivity index is 1.41. The van der Waals surface area contributed by atoms with Crippen LogP contribution < -0.4 is 5.32 Å². The first-order valence-electron chi connectivity index (χ1n) is 14.1. The van der Waals surface area contributed by atoms with Crippen molar-refractivity contribution in [2.75, 3.05) is 12.4 Å². The number of fused-ring (bicyclic) bond motifs is 5. The van der Waals surface area contributed by atoms with Crippen LogP contribution in [-0.4, -0.2) is 18.5 Å². The van der Waals surface area contributed by atoms with E-state index >= 15 is 0 Å². The van der Waals surface area contributed by atoms with Gasteiger partial charge >= 0.3 is 0 Å². The van der Waals surface area contributed by atoms with Crippen molar-refractivity contribution in [3.05, 3.63) is 0 Å². The van der Waals surface area contributed by atoms with Gasteiger partial charge in [0.1, 0.15) is 0 Å². The fourth-order valence-corrected chi connectivity index (χ4v) is 9.84. The lowest BCUT2D eigenvalue weighted by molar-refractivity contribution is -0.117. The summed E-state index contributed by atoms with van der Waals surface area (Å²) in [5.41, 5.74) is 1.26. The summed E-state index contributed by atoms with van der Waals surface area (Å²) in [6, 6.07) is 0.727. The maximum absolute atomic E-state index is 5.95. The average Bonchev–Trinajstić information content (AvgIpc) is 3.09. The summed E-state index contributed by atoms with van der Waals surface area (Å²) < 4.78 is 0. The van der Waals surface area contributed by atoms with Crippen molar-refractivity contribution in [1.29, 1.82) is 0 Å². The standard InChI is InChI=1S/C29H52ClN/c1-20(2)7-6-8-21(3)25-11-12-26-24-10-9-22-19-23(31-18-17-30)13-15-28(22,4)27(24)14-16-29(25,26)5/h20-27,31H,6-19H2,1-5H3/t21-,22+,23+,24+,25-,26+,27+,28+,29-/m1/s1. The summed E-state index contributed by atoms with van der Waals surface area (Å²) in [7, 11) is 0. The molecule has 0 saturated heterocycles. The second-order valence-electron chi connectivity index (χ2n) is 13.3. The largest absolute Gasteiger partial charge is 0.313 e. The van der Waals surface area contributed by atoms with Crippen LogP contribution in [-0.2, 0) is 0 Å². The Kier molecular flexibility index (Phi) is 7.75. The molecule has 2 heteroatoms. The molecule has 0 aromatic rings. The molecule has 31 heavy (non-hydrogen) atoms. The molecule has 4 aliphatic rings. The summed E-state index contributed by atoms with van der Waals surface area (Å²) in [6.07, 6.45) is 17.7. The third-order valence-corrected chi connectivity index (χ3v) is 11.6. The van der Waals surface area contributed by atoms with E-state index in [1.807, 2.05) is 0 Å². The highest BCUT2D eigenvalue weighted by atomic mass is 35.5. The zero-order valence-electron chi connectivity index (χ0n) is 21.4. The second-order valence-corrected chi connectivity index (χ2v) is 13.7. The van der Waals surface area contributed by atoms with E-state index in [4.69, 9.17) is 11.6 Å². The first kappa shape index (κ1) is 24.4. The third-order valence-electron chi connectivity index (χ3n) is 11.4. The van der Waals surface area contributed by atoms with Gasteiger partial charge in [-0.25, -0.2) is 0 Å². The van der Waals surface area contributed by atoms with Gasteiger partial charge in [0.25, 0.3) is 0 Å². The van der Waals surface area contributed by atoms with Gasteiger partial charge in [0.2, 0.25) is 0 Å². The molecule has 0 amide bonds. The molecule has 0 aromatic heterocycles. The summed E-state index contributed by atoms with van der Waals surface area (Å²) in [5, 5.41) is 3.75. The number of alkyl halides is 1. The average molecular weight is 450 g/mol. The minimum atomic E-state index is 0.615. The zero-order chi connectivity index (χ0) is 22.2. The predicted octanol–water partition coefficient (Wildman–Crippen LogP) is 8.30. The van der Waals surface area contributed by atoms with Crippen LogP contribution in [0.15, 0.2) is 0 Å². The van der Waals surface area contributed by atoms with Crippen molar-refractivity contribution in [2.24, 2.45) is 52.3 Å². The summed E-state index contributed by atoms with van der Waals surface area (Å²) in [6.45, 7) is 13.8. The lowest BCUT2D eigenvalue weighted by Gasteiger charge is -2.61. The van der Waals surface area contributed by atoms with Gasteiger partial charge in [0.05, 0.1) is 0 Å².